The quantitative estimate of drug-likeness (QED) is 0.677. The molecule has 0 saturated heterocycles. The minimum Gasteiger partial charge on any atom is -0.342 e. The normalized spacial score (nSPS) is 38.5. The van der Waals surface area contributed by atoms with Gasteiger partial charge in [0.05, 0.1) is 5.54 Å². The Morgan fingerprint density at radius 2 is 2.29 bits per heavy atom. The molecule has 4 aliphatic rings. The van der Waals surface area contributed by atoms with Gasteiger partial charge in [-0.2, -0.15) is 0 Å². The SMILES string of the molecule is O=C1NC23CCCCC2=C1C=C1C=CCCC13. The van der Waals surface area contributed by atoms with Crippen LogP contribution in [0.25, 0.3) is 0 Å². The van der Waals surface area contributed by atoms with Gasteiger partial charge < -0.3 is 5.32 Å². The van der Waals surface area contributed by atoms with Gasteiger partial charge in [-0.05, 0) is 49.3 Å². The topological polar surface area (TPSA) is 29.1 Å². The van der Waals surface area contributed by atoms with E-state index >= 15 is 0 Å². The zero-order valence-corrected chi connectivity index (χ0v) is 9.96. The van der Waals surface area contributed by atoms with Gasteiger partial charge in [-0.15, -0.1) is 0 Å². The number of allylic oxidation sites excluding steroid dienone is 2. The minimum absolute atomic E-state index is 0.0134. The third-order valence-corrected chi connectivity index (χ3v) is 4.93. The summed E-state index contributed by atoms with van der Waals surface area (Å²) in [5, 5.41) is 3.33. The Morgan fingerprint density at radius 3 is 3.24 bits per heavy atom. The van der Waals surface area contributed by atoms with Gasteiger partial charge in [0.15, 0.2) is 0 Å². The molecule has 0 aromatic heterocycles. The van der Waals surface area contributed by atoms with Crippen LogP contribution in [-0.2, 0) is 4.79 Å². The first-order valence-electron chi connectivity index (χ1n) is 6.75. The number of fused-ring (bicyclic) bond motifs is 1. The van der Waals surface area contributed by atoms with Crippen LogP contribution in [-0.4, -0.2) is 11.4 Å². The van der Waals surface area contributed by atoms with Crippen molar-refractivity contribution in [2.75, 3.05) is 0 Å². The van der Waals surface area contributed by atoms with Crippen molar-refractivity contribution in [2.24, 2.45) is 5.92 Å². The molecule has 2 heteroatoms. The molecule has 1 amide bonds. The van der Waals surface area contributed by atoms with Crippen molar-refractivity contribution < 1.29 is 4.79 Å². The van der Waals surface area contributed by atoms with Gasteiger partial charge in [0.1, 0.15) is 0 Å². The second-order valence-corrected chi connectivity index (χ2v) is 5.70. The fourth-order valence-electron chi connectivity index (χ4n) is 4.24. The van der Waals surface area contributed by atoms with Crippen molar-refractivity contribution in [3.05, 3.63) is 34.9 Å². The smallest absolute Gasteiger partial charge is 0.252 e. The molecule has 1 N–H and O–H groups in total. The second-order valence-electron chi connectivity index (χ2n) is 5.70. The average molecular weight is 227 g/mol. The molecule has 3 aliphatic carbocycles. The molecule has 1 saturated carbocycles. The lowest BCUT2D eigenvalue weighted by molar-refractivity contribution is -0.117. The fourth-order valence-corrected chi connectivity index (χ4v) is 4.24. The summed E-state index contributed by atoms with van der Waals surface area (Å²) in [5.74, 6) is 0.718. The third kappa shape index (κ3) is 1.09. The van der Waals surface area contributed by atoms with Crippen LogP contribution in [0.5, 0.6) is 0 Å². The molecule has 1 fully saturated rings. The predicted octanol–water partition coefficient (Wildman–Crippen LogP) is 2.63. The van der Waals surface area contributed by atoms with E-state index in [1.54, 1.807) is 0 Å². The Kier molecular flexibility index (Phi) is 1.78. The standard InChI is InChI=1S/C15H17NO/c17-14-11-9-10-5-1-2-6-12(10)15(16-14)8-4-3-7-13(11)15/h1,5,9,12H,2-4,6-8H2,(H,16,17). The van der Waals surface area contributed by atoms with E-state index in [0.29, 0.717) is 5.92 Å². The predicted molar refractivity (Wildman–Crippen MR) is 66.3 cm³/mol. The molecule has 1 heterocycles. The number of hydrogen-bond acceptors (Lipinski definition) is 1. The maximum Gasteiger partial charge on any atom is 0.252 e. The van der Waals surface area contributed by atoms with Crippen LogP contribution in [0.1, 0.15) is 38.5 Å². The van der Waals surface area contributed by atoms with Gasteiger partial charge >= 0.3 is 0 Å². The summed E-state index contributed by atoms with van der Waals surface area (Å²) in [5.41, 5.74) is 3.81. The monoisotopic (exact) mass is 227 g/mol. The summed E-state index contributed by atoms with van der Waals surface area (Å²) in [6.07, 6.45) is 13.8. The largest absolute Gasteiger partial charge is 0.342 e. The highest BCUT2D eigenvalue weighted by Gasteiger charge is 2.53. The molecule has 0 spiro atoms. The molecule has 1 aliphatic heterocycles. The third-order valence-electron chi connectivity index (χ3n) is 4.93. The van der Waals surface area contributed by atoms with E-state index in [-0.39, 0.29) is 11.4 Å². The van der Waals surface area contributed by atoms with Gasteiger partial charge in [-0.1, -0.05) is 18.6 Å². The molecule has 17 heavy (non-hydrogen) atoms. The van der Waals surface area contributed by atoms with Crippen molar-refractivity contribution in [3.63, 3.8) is 0 Å². The Hall–Kier alpha value is -1.31. The van der Waals surface area contributed by atoms with Crippen molar-refractivity contribution in [1.29, 1.82) is 0 Å². The molecule has 0 aromatic carbocycles. The van der Waals surface area contributed by atoms with E-state index in [2.05, 4.69) is 23.5 Å². The van der Waals surface area contributed by atoms with Gasteiger partial charge in [0.2, 0.25) is 0 Å². The Morgan fingerprint density at radius 1 is 1.35 bits per heavy atom. The van der Waals surface area contributed by atoms with E-state index in [9.17, 15) is 4.79 Å². The first kappa shape index (κ1) is 9.69. The highest BCUT2D eigenvalue weighted by Crippen LogP contribution is 2.52. The van der Waals surface area contributed by atoms with Crippen LogP contribution in [0.4, 0.5) is 0 Å². The lowest BCUT2D eigenvalue weighted by atomic mass is 9.62. The van der Waals surface area contributed by atoms with Crippen molar-refractivity contribution in [2.45, 2.75) is 44.1 Å². The van der Waals surface area contributed by atoms with Crippen LogP contribution < -0.4 is 5.32 Å². The lowest BCUT2D eigenvalue weighted by Crippen LogP contribution is -2.52. The molecule has 0 aromatic rings. The van der Waals surface area contributed by atoms with E-state index < -0.39 is 0 Å². The molecule has 88 valence electrons. The first-order valence-corrected chi connectivity index (χ1v) is 6.75. The summed E-state index contributed by atoms with van der Waals surface area (Å²) < 4.78 is 0. The molecular weight excluding hydrogens is 210 g/mol. The summed E-state index contributed by atoms with van der Waals surface area (Å²) >= 11 is 0. The minimum atomic E-state index is 0.0134. The van der Waals surface area contributed by atoms with E-state index in [4.69, 9.17) is 0 Å². The zero-order valence-electron chi connectivity index (χ0n) is 9.96. The molecule has 2 atom stereocenters. The van der Waals surface area contributed by atoms with Crippen LogP contribution in [0.2, 0.25) is 0 Å². The highest BCUT2D eigenvalue weighted by molar-refractivity contribution is 6.02. The molecule has 0 radical (unpaired) electrons. The van der Waals surface area contributed by atoms with Gasteiger partial charge in [0, 0.05) is 11.5 Å². The molecule has 4 rings (SSSR count). The van der Waals surface area contributed by atoms with Crippen molar-refractivity contribution in [3.8, 4) is 0 Å². The summed E-state index contributed by atoms with van der Waals surface area (Å²) in [7, 11) is 0. The van der Waals surface area contributed by atoms with Crippen LogP contribution in [0.3, 0.4) is 0 Å². The van der Waals surface area contributed by atoms with Crippen molar-refractivity contribution in [1.82, 2.24) is 5.32 Å². The average Bonchev–Trinajstić information content (AvgIpc) is 2.58. The number of rotatable bonds is 0. The maximum absolute atomic E-state index is 12.1. The van der Waals surface area contributed by atoms with Crippen molar-refractivity contribution >= 4 is 5.91 Å². The summed E-state index contributed by atoms with van der Waals surface area (Å²) in [6, 6.07) is 0. The number of hydrogen-bond donors (Lipinski definition) is 1. The molecule has 2 nitrogen and oxygen atoms in total. The first-order chi connectivity index (χ1) is 8.31. The van der Waals surface area contributed by atoms with Gasteiger partial charge in [-0.3, -0.25) is 4.79 Å². The zero-order chi connectivity index (χ0) is 11.5. The fraction of sp³-hybridized carbons (Fsp3) is 0.533. The molecular formula is C15H17NO. The Balaban J connectivity index is 1.94. The van der Waals surface area contributed by atoms with Gasteiger partial charge in [-0.25, -0.2) is 0 Å². The van der Waals surface area contributed by atoms with E-state index in [0.717, 1.165) is 24.8 Å². The van der Waals surface area contributed by atoms with Crippen LogP contribution >= 0.6 is 0 Å². The van der Waals surface area contributed by atoms with Gasteiger partial charge in [0.25, 0.3) is 5.91 Å². The van der Waals surface area contributed by atoms with Crippen LogP contribution in [0, 0.1) is 5.92 Å². The van der Waals surface area contributed by atoms with E-state index in [1.165, 1.54) is 30.4 Å². The number of nitrogens with one attached hydrogen (secondary N) is 1. The second kappa shape index (κ2) is 3.12. The summed E-state index contributed by atoms with van der Waals surface area (Å²) in [4.78, 5) is 12.1. The van der Waals surface area contributed by atoms with Crippen LogP contribution in [0.15, 0.2) is 34.9 Å². The molecule has 2 unspecified atom stereocenters. The highest BCUT2D eigenvalue weighted by atomic mass is 16.2. The summed E-state index contributed by atoms with van der Waals surface area (Å²) in [6.45, 7) is 0. The number of carbonyl (C=O) groups excluding carboxylic acids is 1. The lowest BCUT2D eigenvalue weighted by Gasteiger charge is -2.45. The Labute approximate surface area is 101 Å². The number of amides is 1. The Bertz CT molecular complexity index is 497. The van der Waals surface area contributed by atoms with E-state index in [1.807, 2.05) is 0 Å². The number of carbonyl (C=O) groups is 1. The maximum atomic E-state index is 12.1. The molecule has 2 bridgehead atoms.